The van der Waals surface area contributed by atoms with E-state index in [0.717, 1.165) is 40.1 Å². The smallest absolute Gasteiger partial charge is 0.231 e. The second-order valence-corrected chi connectivity index (χ2v) is 7.16. The van der Waals surface area contributed by atoms with Crippen LogP contribution in [0, 0.1) is 0 Å². The maximum atomic E-state index is 5.65. The molecule has 1 N–H and O–H groups in total. The van der Waals surface area contributed by atoms with Gasteiger partial charge >= 0.3 is 0 Å². The van der Waals surface area contributed by atoms with Crippen molar-refractivity contribution in [3.63, 3.8) is 0 Å². The molecule has 0 unspecified atom stereocenters. The lowest BCUT2D eigenvalue weighted by Crippen LogP contribution is -2.13. The molecule has 1 aliphatic rings. The molecule has 1 aliphatic heterocycles. The highest BCUT2D eigenvalue weighted by molar-refractivity contribution is 7.13. The van der Waals surface area contributed by atoms with Gasteiger partial charge in [-0.2, -0.15) is 0 Å². The van der Waals surface area contributed by atoms with Crippen LogP contribution >= 0.6 is 11.3 Å². The first-order chi connectivity index (χ1) is 13.8. The molecule has 2 aromatic carbocycles. The van der Waals surface area contributed by atoms with Crippen LogP contribution in [0.3, 0.4) is 0 Å². The molecular formula is C21H22N2O4S. The van der Waals surface area contributed by atoms with E-state index < -0.39 is 0 Å². The van der Waals surface area contributed by atoms with E-state index in [2.05, 4.69) is 16.8 Å². The number of hydrogen-bond acceptors (Lipinski definition) is 7. The minimum absolute atomic E-state index is 0.282. The predicted octanol–water partition coefficient (Wildman–Crippen LogP) is 3.85. The van der Waals surface area contributed by atoms with Crippen molar-refractivity contribution in [1.82, 2.24) is 10.3 Å². The quantitative estimate of drug-likeness (QED) is 0.553. The molecule has 3 aromatic rings. The molecule has 0 fully saturated rings. The van der Waals surface area contributed by atoms with E-state index in [1.54, 1.807) is 18.4 Å². The van der Waals surface area contributed by atoms with Crippen LogP contribution in [0.5, 0.6) is 17.2 Å². The molecule has 0 spiro atoms. The number of ether oxygens (including phenoxy) is 4. The fraction of sp³-hybridized carbons (Fsp3) is 0.286. The van der Waals surface area contributed by atoms with Gasteiger partial charge in [-0.3, -0.25) is 0 Å². The molecule has 0 saturated carbocycles. The van der Waals surface area contributed by atoms with Gasteiger partial charge in [-0.25, -0.2) is 4.98 Å². The molecule has 0 radical (unpaired) electrons. The van der Waals surface area contributed by atoms with Gasteiger partial charge in [0.2, 0.25) is 6.79 Å². The van der Waals surface area contributed by atoms with Gasteiger partial charge < -0.3 is 24.3 Å². The Kier molecular flexibility index (Phi) is 6.06. The molecule has 146 valence electrons. The largest absolute Gasteiger partial charge is 0.491 e. The van der Waals surface area contributed by atoms with Crippen molar-refractivity contribution in [2.24, 2.45) is 0 Å². The first kappa shape index (κ1) is 18.7. The summed E-state index contributed by atoms with van der Waals surface area (Å²) in [6, 6.07) is 14.0. The summed E-state index contributed by atoms with van der Waals surface area (Å²) < 4.78 is 21.5. The maximum Gasteiger partial charge on any atom is 0.231 e. The number of nitrogens with zero attached hydrogens (tertiary/aromatic N) is 1. The number of methoxy groups -OCH3 is 1. The first-order valence-electron chi connectivity index (χ1n) is 9.07. The van der Waals surface area contributed by atoms with Crippen molar-refractivity contribution in [3.05, 3.63) is 59.1 Å². The number of nitrogens with one attached hydrogen (secondary N) is 1. The highest BCUT2D eigenvalue weighted by atomic mass is 32.1. The van der Waals surface area contributed by atoms with Gasteiger partial charge in [-0.1, -0.05) is 12.1 Å². The van der Waals surface area contributed by atoms with Gasteiger partial charge in [0.1, 0.15) is 17.4 Å². The Balaban J connectivity index is 1.31. The zero-order valence-corrected chi connectivity index (χ0v) is 16.5. The van der Waals surface area contributed by atoms with Gasteiger partial charge in [-0.15, -0.1) is 11.3 Å². The van der Waals surface area contributed by atoms with Crippen LogP contribution in [-0.4, -0.2) is 32.1 Å². The van der Waals surface area contributed by atoms with Crippen molar-refractivity contribution in [3.8, 4) is 27.8 Å². The Morgan fingerprint density at radius 2 is 2.00 bits per heavy atom. The monoisotopic (exact) mass is 398 g/mol. The molecule has 6 nitrogen and oxygen atoms in total. The van der Waals surface area contributed by atoms with Crippen LogP contribution in [0.2, 0.25) is 0 Å². The second-order valence-electron chi connectivity index (χ2n) is 6.30. The lowest BCUT2D eigenvalue weighted by molar-refractivity contribution is 0.146. The number of aromatic nitrogens is 1. The van der Waals surface area contributed by atoms with Crippen LogP contribution in [-0.2, 0) is 17.8 Å². The van der Waals surface area contributed by atoms with Crippen molar-refractivity contribution >= 4 is 11.3 Å². The van der Waals surface area contributed by atoms with E-state index in [0.29, 0.717) is 19.8 Å². The Bertz CT molecular complexity index is 928. The Labute approximate surface area is 168 Å². The number of fused-ring (bicyclic) bond motifs is 1. The van der Waals surface area contributed by atoms with E-state index in [9.17, 15) is 0 Å². The third-order valence-electron chi connectivity index (χ3n) is 4.26. The van der Waals surface area contributed by atoms with Crippen molar-refractivity contribution in [2.45, 2.75) is 13.1 Å². The van der Waals surface area contributed by atoms with Crippen LogP contribution in [0.15, 0.2) is 47.8 Å². The van der Waals surface area contributed by atoms with Crippen molar-refractivity contribution in [2.75, 3.05) is 27.1 Å². The number of benzene rings is 2. The molecule has 0 atom stereocenters. The molecule has 1 aromatic heterocycles. The van der Waals surface area contributed by atoms with Crippen LogP contribution in [0.1, 0.15) is 11.3 Å². The predicted molar refractivity (Wildman–Crippen MR) is 108 cm³/mol. The summed E-state index contributed by atoms with van der Waals surface area (Å²) >= 11 is 1.63. The van der Waals surface area contributed by atoms with Crippen molar-refractivity contribution in [1.29, 1.82) is 0 Å². The van der Waals surface area contributed by atoms with Gasteiger partial charge in [-0.05, 0) is 35.9 Å². The SMILES string of the molecule is COCCOc1cccc(CNCc2csc(-c3ccc4c(c3)OCO4)n2)c1. The van der Waals surface area contributed by atoms with Gasteiger partial charge in [0.05, 0.1) is 12.3 Å². The lowest BCUT2D eigenvalue weighted by Gasteiger charge is -2.08. The van der Waals surface area contributed by atoms with Crippen molar-refractivity contribution < 1.29 is 18.9 Å². The van der Waals surface area contributed by atoms with Gasteiger partial charge in [0.25, 0.3) is 0 Å². The molecular weight excluding hydrogens is 376 g/mol. The summed E-state index contributed by atoms with van der Waals surface area (Å²) in [5, 5.41) is 6.49. The molecule has 4 rings (SSSR count). The highest BCUT2D eigenvalue weighted by Gasteiger charge is 2.15. The summed E-state index contributed by atoms with van der Waals surface area (Å²) in [6.07, 6.45) is 0. The lowest BCUT2D eigenvalue weighted by atomic mass is 10.2. The average Bonchev–Trinajstić information content (AvgIpc) is 3.37. The maximum absolute atomic E-state index is 5.65. The summed E-state index contributed by atoms with van der Waals surface area (Å²) in [5.41, 5.74) is 3.23. The molecule has 0 amide bonds. The Hall–Kier alpha value is -2.61. The average molecular weight is 398 g/mol. The van der Waals surface area contributed by atoms with Crippen LogP contribution in [0.4, 0.5) is 0 Å². The summed E-state index contributed by atoms with van der Waals surface area (Å²) in [5.74, 6) is 2.42. The minimum Gasteiger partial charge on any atom is -0.491 e. The summed E-state index contributed by atoms with van der Waals surface area (Å²) in [6.45, 7) is 2.87. The molecule has 0 aliphatic carbocycles. The zero-order valence-electron chi connectivity index (χ0n) is 15.6. The standard InChI is InChI=1S/C21H22N2O4S/c1-24-7-8-25-18-4-2-3-15(9-18)11-22-12-17-13-28-21(23-17)16-5-6-19-20(10-16)27-14-26-19/h2-6,9-10,13,22H,7-8,11-12,14H2,1H3. The Morgan fingerprint density at radius 3 is 2.93 bits per heavy atom. The highest BCUT2D eigenvalue weighted by Crippen LogP contribution is 2.36. The van der Waals surface area contributed by atoms with E-state index in [1.807, 2.05) is 36.4 Å². The zero-order chi connectivity index (χ0) is 19.2. The topological polar surface area (TPSA) is 61.8 Å². The summed E-state index contributed by atoms with van der Waals surface area (Å²) in [7, 11) is 1.67. The molecule has 28 heavy (non-hydrogen) atoms. The summed E-state index contributed by atoms with van der Waals surface area (Å²) in [4.78, 5) is 4.73. The third kappa shape index (κ3) is 4.62. The molecule has 7 heteroatoms. The van der Waals surface area contributed by atoms with E-state index in [-0.39, 0.29) is 6.79 Å². The molecule has 2 heterocycles. The van der Waals surface area contributed by atoms with Crippen LogP contribution < -0.4 is 19.5 Å². The van der Waals surface area contributed by atoms with E-state index in [1.165, 1.54) is 5.56 Å². The third-order valence-corrected chi connectivity index (χ3v) is 5.20. The fourth-order valence-corrected chi connectivity index (χ4v) is 3.69. The Morgan fingerprint density at radius 1 is 1.07 bits per heavy atom. The number of hydrogen-bond donors (Lipinski definition) is 1. The fourth-order valence-electron chi connectivity index (χ4n) is 2.87. The van der Waals surface area contributed by atoms with E-state index >= 15 is 0 Å². The molecule has 0 bridgehead atoms. The number of thiazole rings is 1. The normalized spacial score (nSPS) is 12.3. The first-order valence-corrected chi connectivity index (χ1v) is 9.95. The second kappa shape index (κ2) is 9.05. The van der Waals surface area contributed by atoms with Crippen LogP contribution in [0.25, 0.3) is 10.6 Å². The van der Waals surface area contributed by atoms with E-state index in [4.69, 9.17) is 23.9 Å². The van der Waals surface area contributed by atoms with Gasteiger partial charge in [0.15, 0.2) is 11.5 Å². The molecule has 0 saturated heterocycles. The van der Waals surface area contributed by atoms with Gasteiger partial charge in [0, 0.05) is 31.1 Å². The number of rotatable bonds is 9. The minimum atomic E-state index is 0.282.